The Labute approximate surface area is 156 Å². The number of rotatable bonds is 6. The number of methoxy groups -OCH3 is 1. The third-order valence-corrected chi connectivity index (χ3v) is 4.01. The maximum atomic E-state index is 12.6. The second kappa shape index (κ2) is 8.82. The Balaban J connectivity index is 0.00000243. The summed E-state index contributed by atoms with van der Waals surface area (Å²) in [6.07, 6.45) is 0. The van der Waals surface area contributed by atoms with E-state index in [1.807, 2.05) is 18.2 Å². The first-order valence-corrected chi connectivity index (χ1v) is 7.80. The Bertz CT molecular complexity index is 787. The van der Waals surface area contributed by atoms with E-state index in [2.05, 4.69) is 15.4 Å². The third kappa shape index (κ3) is 4.42. The third-order valence-electron chi connectivity index (χ3n) is 4.01. The van der Waals surface area contributed by atoms with Crippen LogP contribution in [0.2, 0.25) is 0 Å². The van der Waals surface area contributed by atoms with Crippen LogP contribution in [-0.2, 0) is 19.6 Å². The van der Waals surface area contributed by atoms with Gasteiger partial charge in [0.1, 0.15) is 0 Å². The monoisotopic (exact) mass is 384 g/mol. The lowest BCUT2D eigenvalue weighted by atomic mass is 10.1. The number of para-hydroxylation sites is 1. The SMILES string of the molecule is COc1cccc(C(=O)NCc2ccc3c(c2)CNC3)c1OC(F)F.Cl. The first-order valence-electron chi connectivity index (χ1n) is 7.80. The number of halogens is 3. The molecule has 0 aliphatic carbocycles. The molecule has 1 amide bonds. The van der Waals surface area contributed by atoms with Crippen LogP contribution in [0.15, 0.2) is 36.4 Å². The van der Waals surface area contributed by atoms with Gasteiger partial charge in [-0.2, -0.15) is 8.78 Å². The van der Waals surface area contributed by atoms with Crippen molar-refractivity contribution in [1.82, 2.24) is 10.6 Å². The van der Waals surface area contributed by atoms with E-state index in [9.17, 15) is 13.6 Å². The molecule has 26 heavy (non-hydrogen) atoms. The lowest BCUT2D eigenvalue weighted by Gasteiger charge is -2.14. The number of hydrogen-bond donors (Lipinski definition) is 2. The van der Waals surface area contributed by atoms with E-state index >= 15 is 0 Å². The van der Waals surface area contributed by atoms with Gasteiger partial charge in [-0.3, -0.25) is 4.79 Å². The van der Waals surface area contributed by atoms with Crippen LogP contribution in [0.4, 0.5) is 8.78 Å². The maximum Gasteiger partial charge on any atom is 0.387 e. The molecule has 1 aliphatic heterocycles. The Hall–Kier alpha value is -2.38. The first kappa shape index (κ1) is 19.9. The highest BCUT2D eigenvalue weighted by atomic mass is 35.5. The fourth-order valence-electron chi connectivity index (χ4n) is 2.80. The van der Waals surface area contributed by atoms with Crippen LogP contribution < -0.4 is 20.1 Å². The summed E-state index contributed by atoms with van der Waals surface area (Å²) in [5, 5.41) is 5.99. The molecule has 0 radical (unpaired) electrons. The van der Waals surface area contributed by atoms with Crippen LogP contribution in [0.3, 0.4) is 0 Å². The molecule has 0 bridgehead atoms. The summed E-state index contributed by atoms with van der Waals surface area (Å²) < 4.78 is 34.8. The number of amides is 1. The van der Waals surface area contributed by atoms with Crippen molar-refractivity contribution in [3.8, 4) is 11.5 Å². The lowest BCUT2D eigenvalue weighted by Crippen LogP contribution is -2.24. The number of fused-ring (bicyclic) bond motifs is 1. The zero-order chi connectivity index (χ0) is 17.8. The van der Waals surface area contributed by atoms with Crippen LogP contribution in [0.5, 0.6) is 11.5 Å². The molecular weight excluding hydrogens is 366 g/mol. The molecule has 140 valence electrons. The Morgan fingerprint density at radius 3 is 2.73 bits per heavy atom. The molecule has 2 N–H and O–H groups in total. The average molecular weight is 385 g/mol. The maximum absolute atomic E-state index is 12.6. The van der Waals surface area contributed by atoms with E-state index in [0.717, 1.165) is 18.7 Å². The summed E-state index contributed by atoms with van der Waals surface area (Å²) in [5.41, 5.74) is 3.39. The highest BCUT2D eigenvalue weighted by Crippen LogP contribution is 2.32. The predicted octanol–water partition coefficient (Wildman–Crippen LogP) is 3.25. The molecule has 1 aliphatic rings. The van der Waals surface area contributed by atoms with Crippen molar-refractivity contribution < 1.29 is 23.0 Å². The zero-order valence-corrected chi connectivity index (χ0v) is 14.9. The minimum Gasteiger partial charge on any atom is -0.493 e. The Kier molecular flexibility index (Phi) is 6.76. The summed E-state index contributed by atoms with van der Waals surface area (Å²) in [6, 6.07) is 10.4. The quantitative estimate of drug-likeness (QED) is 0.802. The number of carbonyl (C=O) groups excluding carboxylic acids is 1. The van der Waals surface area contributed by atoms with E-state index in [1.54, 1.807) is 6.07 Å². The second-order valence-corrected chi connectivity index (χ2v) is 5.60. The molecule has 0 saturated heterocycles. The van der Waals surface area contributed by atoms with Gasteiger partial charge in [-0.25, -0.2) is 0 Å². The fraction of sp³-hybridized carbons (Fsp3) is 0.278. The number of ether oxygens (including phenoxy) is 2. The van der Waals surface area contributed by atoms with Gasteiger partial charge < -0.3 is 20.1 Å². The van der Waals surface area contributed by atoms with E-state index < -0.39 is 12.5 Å². The van der Waals surface area contributed by atoms with Crippen molar-refractivity contribution in [1.29, 1.82) is 0 Å². The van der Waals surface area contributed by atoms with Crippen LogP contribution in [0.1, 0.15) is 27.0 Å². The normalized spacial score (nSPS) is 12.3. The van der Waals surface area contributed by atoms with Gasteiger partial charge in [0.05, 0.1) is 12.7 Å². The molecule has 0 saturated carbocycles. The molecule has 0 atom stereocenters. The van der Waals surface area contributed by atoms with Crippen molar-refractivity contribution in [2.75, 3.05) is 7.11 Å². The van der Waals surface area contributed by atoms with Gasteiger partial charge in [0, 0.05) is 19.6 Å². The van der Waals surface area contributed by atoms with Crippen molar-refractivity contribution in [2.24, 2.45) is 0 Å². The molecule has 0 fully saturated rings. The van der Waals surface area contributed by atoms with Gasteiger partial charge in [0.25, 0.3) is 5.91 Å². The summed E-state index contributed by atoms with van der Waals surface area (Å²) in [6.45, 7) is -1.11. The number of nitrogens with one attached hydrogen (secondary N) is 2. The second-order valence-electron chi connectivity index (χ2n) is 5.60. The molecule has 5 nitrogen and oxygen atoms in total. The number of benzene rings is 2. The molecule has 0 spiro atoms. The summed E-state index contributed by atoms with van der Waals surface area (Å²) in [5.74, 6) is -0.694. The fourth-order valence-corrected chi connectivity index (χ4v) is 2.80. The van der Waals surface area contributed by atoms with E-state index in [-0.39, 0.29) is 36.0 Å². The molecule has 2 aromatic carbocycles. The molecule has 1 heterocycles. The molecule has 2 aromatic rings. The van der Waals surface area contributed by atoms with Crippen LogP contribution in [-0.4, -0.2) is 19.6 Å². The van der Waals surface area contributed by atoms with Crippen molar-refractivity contribution >= 4 is 18.3 Å². The topological polar surface area (TPSA) is 59.6 Å². The molecule has 0 unspecified atom stereocenters. The van der Waals surface area contributed by atoms with Crippen molar-refractivity contribution in [3.63, 3.8) is 0 Å². The summed E-state index contributed by atoms with van der Waals surface area (Å²) >= 11 is 0. The predicted molar refractivity (Wildman–Crippen MR) is 95.0 cm³/mol. The summed E-state index contributed by atoms with van der Waals surface area (Å²) in [7, 11) is 1.33. The highest BCUT2D eigenvalue weighted by Gasteiger charge is 2.20. The van der Waals surface area contributed by atoms with Gasteiger partial charge in [0.15, 0.2) is 11.5 Å². The molecular formula is C18H19ClF2N2O3. The van der Waals surface area contributed by atoms with Crippen molar-refractivity contribution in [2.45, 2.75) is 26.2 Å². The van der Waals surface area contributed by atoms with Crippen LogP contribution in [0.25, 0.3) is 0 Å². The highest BCUT2D eigenvalue weighted by molar-refractivity contribution is 5.97. The Morgan fingerprint density at radius 2 is 2.00 bits per heavy atom. The molecule has 0 aromatic heterocycles. The van der Waals surface area contributed by atoms with Crippen LogP contribution in [0, 0.1) is 0 Å². The van der Waals surface area contributed by atoms with Gasteiger partial charge in [-0.05, 0) is 28.8 Å². The lowest BCUT2D eigenvalue weighted by molar-refractivity contribution is -0.0515. The summed E-state index contributed by atoms with van der Waals surface area (Å²) in [4.78, 5) is 12.4. The largest absolute Gasteiger partial charge is 0.493 e. The number of alkyl halides is 2. The minimum absolute atomic E-state index is 0. The van der Waals surface area contributed by atoms with Gasteiger partial charge >= 0.3 is 6.61 Å². The minimum atomic E-state index is -3.05. The number of hydrogen-bond acceptors (Lipinski definition) is 4. The molecule has 8 heteroatoms. The van der Waals surface area contributed by atoms with E-state index in [1.165, 1.54) is 30.4 Å². The van der Waals surface area contributed by atoms with Crippen LogP contribution >= 0.6 is 12.4 Å². The number of carbonyl (C=O) groups is 1. The van der Waals surface area contributed by atoms with Gasteiger partial charge in [-0.15, -0.1) is 12.4 Å². The van der Waals surface area contributed by atoms with E-state index in [4.69, 9.17) is 4.74 Å². The smallest absolute Gasteiger partial charge is 0.387 e. The van der Waals surface area contributed by atoms with E-state index in [0.29, 0.717) is 0 Å². The Morgan fingerprint density at radius 1 is 1.23 bits per heavy atom. The van der Waals surface area contributed by atoms with Gasteiger partial charge in [0.2, 0.25) is 0 Å². The zero-order valence-electron chi connectivity index (χ0n) is 14.1. The van der Waals surface area contributed by atoms with Gasteiger partial charge in [-0.1, -0.05) is 24.3 Å². The van der Waals surface area contributed by atoms with Crippen molar-refractivity contribution in [3.05, 3.63) is 58.7 Å². The standard InChI is InChI=1S/C18H18F2N2O3.ClH/c1-24-15-4-2-3-14(16(15)25-18(19)20)17(23)22-8-11-5-6-12-9-21-10-13(12)7-11;/h2-7,18,21H,8-10H2,1H3,(H,22,23);1H. The average Bonchev–Trinajstić information content (AvgIpc) is 3.07. The molecule has 3 rings (SSSR count). The first-order chi connectivity index (χ1) is 12.1.